The second-order valence-electron chi connectivity index (χ2n) is 6.93. The van der Waals surface area contributed by atoms with Gasteiger partial charge in [0, 0.05) is 23.3 Å². The Bertz CT molecular complexity index is 997. The van der Waals surface area contributed by atoms with Gasteiger partial charge in [-0.1, -0.05) is 17.7 Å². The molecule has 29 heavy (non-hydrogen) atoms. The number of alkyl halides is 1. The van der Waals surface area contributed by atoms with E-state index in [1.165, 1.54) is 18.3 Å². The molecule has 0 saturated heterocycles. The second kappa shape index (κ2) is 8.03. The maximum absolute atomic E-state index is 15.8. The van der Waals surface area contributed by atoms with Crippen LogP contribution in [0.25, 0.3) is 0 Å². The van der Waals surface area contributed by atoms with Crippen molar-refractivity contribution < 1.29 is 23.8 Å². The molecule has 1 heterocycles. The number of aliphatic hydroxyl groups excluding tert-OH is 1. The van der Waals surface area contributed by atoms with E-state index in [1.807, 2.05) is 6.07 Å². The van der Waals surface area contributed by atoms with Crippen LogP contribution in [0.1, 0.15) is 41.6 Å². The molecule has 0 radical (unpaired) electrons. The lowest BCUT2D eigenvalue weighted by atomic mass is 9.73. The number of hydrogen-bond acceptors (Lipinski definition) is 5. The number of nitrogens with one attached hydrogen (secondary N) is 1. The van der Waals surface area contributed by atoms with Crippen molar-refractivity contribution in [3.63, 3.8) is 0 Å². The third-order valence-corrected chi connectivity index (χ3v) is 5.48. The summed E-state index contributed by atoms with van der Waals surface area (Å²) in [5.74, 6) is -1.62. The van der Waals surface area contributed by atoms with E-state index in [2.05, 4.69) is 10.3 Å². The quantitative estimate of drug-likeness (QED) is 0.688. The van der Waals surface area contributed by atoms with Gasteiger partial charge < -0.3 is 15.5 Å². The first-order valence-corrected chi connectivity index (χ1v) is 9.23. The number of halogens is 3. The summed E-state index contributed by atoms with van der Waals surface area (Å²) in [5.41, 5.74) is -3.80. The van der Waals surface area contributed by atoms with Crippen LogP contribution in [-0.4, -0.2) is 21.1 Å². The van der Waals surface area contributed by atoms with Gasteiger partial charge in [0.05, 0.1) is 24.8 Å². The average Bonchev–Trinajstić information content (AvgIpc) is 2.70. The highest BCUT2D eigenvalue weighted by atomic mass is 35.5. The van der Waals surface area contributed by atoms with Gasteiger partial charge in [-0.25, -0.2) is 8.78 Å². The summed E-state index contributed by atoms with van der Waals surface area (Å²) in [6, 6.07) is 6.78. The van der Waals surface area contributed by atoms with E-state index in [9.17, 15) is 19.4 Å². The first-order chi connectivity index (χ1) is 13.7. The predicted molar refractivity (Wildman–Crippen MR) is 99.6 cm³/mol. The van der Waals surface area contributed by atoms with Crippen LogP contribution in [0.15, 0.2) is 30.5 Å². The molecule has 0 spiro atoms. The number of rotatable bonds is 5. The molecule has 0 saturated carbocycles. The van der Waals surface area contributed by atoms with Crippen molar-refractivity contribution in [2.45, 2.75) is 43.7 Å². The van der Waals surface area contributed by atoms with Gasteiger partial charge in [-0.05, 0) is 42.2 Å². The molecule has 9 heteroatoms. The molecule has 1 aliphatic rings. The van der Waals surface area contributed by atoms with E-state index in [1.54, 1.807) is 0 Å². The number of aliphatic hydroxyl groups is 2. The molecule has 1 amide bonds. The molecule has 1 aliphatic carbocycles. The molecule has 0 bridgehead atoms. The van der Waals surface area contributed by atoms with E-state index in [4.69, 9.17) is 16.9 Å². The number of nitrogens with zero attached hydrogens (tertiary/aromatic N) is 2. The molecule has 2 aromatic rings. The number of fused-ring (bicyclic) bond motifs is 1. The molecule has 1 aromatic carbocycles. The van der Waals surface area contributed by atoms with Crippen molar-refractivity contribution in [3.05, 3.63) is 63.7 Å². The summed E-state index contributed by atoms with van der Waals surface area (Å²) >= 11 is 6.00. The fourth-order valence-electron chi connectivity index (χ4n) is 3.57. The van der Waals surface area contributed by atoms with E-state index >= 15 is 4.39 Å². The number of carbonyl (C=O) groups excluding carboxylic acids is 1. The van der Waals surface area contributed by atoms with Crippen LogP contribution < -0.4 is 5.32 Å². The zero-order valence-corrected chi connectivity index (χ0v) is 16.0. The van der Waals surface area contributed by atoms with Crippen LogP contribution in [0.3, 0.4) is 0 Å². The fraction of sp³-hybridized carbons (Fsp3) is 0.350. The molecule has 2 atom stereocenters. The van der Waals surface area contributed by atoms with Gasteiger partial charge in [-0.15, -0.1) is 0 Å². The van der Waals surface area contributed by atoms with E-state index < -0.39 is 29.6 Å². The van der Waals surface area contributed by atoms with Crippen LogP contribution in [0.2, 0.25) is 5.02 Å². The molecular formula is C20H18ClF2N3O3. The summed E-state index contributed by atoms with van der Waals surface area (Å²) < 4.78 is 29.3. The third-order valence-electron chi connectivity index (χ3n) is 5.14. The topological polar surface area (TPSA) is 106 Å². The molecule has 2 unspecified atom stereocenters. The Hall–Kier alpha value is -2.60. The van der Waals surface area contributed by atoms with Crippen LogP contribution in [0, 0.1) is 17.1 Å². The Morgan fingerprint density at radius 3 is 2.86 bits per heavy atom. The summed E-state index contributed by atoms with van der Waals surface area (Å²) in [6.45, 7) is -0.727. The van der Waals surface area contributed by atoms with Gasteiger partial charge in [-0.3, -0.25) is 9.78 Å². The Kier molecular flexibility index (Phi) is 5.85. The van der Waals surface area contributed by atoms with Gasteiger partial charge in [0.1, 0.15) is 11.4 Å². The van der Waals surface area contributed by atoms with Crippen molar-refractivity contribution in [1.29, 1.82) is 5.26 Å². The van der Waals surface area contributed by atoms with Crippen molar-refractivity contribution in [2.75, 3.05) is 0 Å². The van der Waals surface area contributed by atoms with Crippen LogP contribution in [-0.2, 0) is 29.2 Å². The summed E-state index contributed by atoms with van der Waals surface area (Å²) in [7, 11) is 0. The summed E-state index contributed by atoms with van der Waals surface area (Å²) in [4.78, 5) is 16.8. The van der Waals surface area contributed by atoms with E-state index in [0.717, 1.165) is 12.1 Å². The molecule has 152 valence electrons. The number of amides is 1. The van der Waals surface area contributed by atoms with Crippen molar-refractivity contribution in [2.24, 2.45) is 0 Å². The van der Waals surface area contributed by atoms with Crippen LogP contribution >= 0.6 is 11.6 Å². The minimum atomic E-state index is -2.48. The Labute approximate surface area is 170 Å². The Balaban J connectivity index is 1.89. The standard InChI is InChI=1S/C20H18ClF2N3O3/c21-16-9-13(22)8-12(11-27)14(16)10-26-18(28)20(23)4-3-19(29,5-6-24)17-15(20)2-1-7-25-17/h1-2,7-9,27,29H,3-5,10-11H2,(H,26,28). The lowest BCUT2D eigenvalue weighted by molar-refractivity contribution is -0.137. The Morgan fingerprint density at radius 1 is 1.41 bits per heavy atom. The molecule has 0 aliphatic heterocycles. The normalized spacial score (nSPS) is 23.2. The van der Waals surface area contributed by atoms with Gasteiger partial charge >= 0.3 is 0 Å². The first kappa shape index (κ1) is 21.1. The lowest BCUT2D eigenvalue weighted by Gasteiger charge is -2.38. The zero-order chi connectivity index (χ0) is 21.2. The highest BCUT2D eigenvalue weighted by molar-refractivity contribution is 6.31. The fourth-order valence-corrected chi connectivity index (χ4v) is 3.86. The lowest BCUT2D eigenvalue weighted by Crippen LogP contribution is -2.47. The van der Waals surface area contributed by atoms with E-state index in [-0.39, 0.29) is 53.2 Å². The highest BCUT2D eigenvalue weighted by Gasteiger charge is 2.51. The van der Waals surface area contributed by atoms with Crippen LogP contribution in [0.4, 0.5) is 8.78 Å². The molecule has 3 rings (SSSR count). The van der Waals surface area contributed by atoms with Crippen molar-refractivity contribution in [1.82, 2.24) is 10.3 Å². The molecule has 0 fully saturated rings. The molecule has 6 nitrogen and oxygen atoms in total. The minimum absolute atomic E-state index is 0.00337. The van der Waals surface area contributed by atoms with E-state index in [0.29, 0.717) is 0 Å². The monoisotopic (exact) mass is 421 g/mol. The largest absolute Gasteiger partial charge is 0.392 e. The number of carbonyl (C=O) groups is 1. The van der Waals surface area contributed by atoms with Gasteiger partial charge in [0.2, 0.25) is 5.67 Å². The number of pyridine rings is 1. The minimum Gasteiger partial charge on any atom is -0.392 e. The van der Waals surface area contributed by atoms with Gasteiger partial charge in [0.25, 0.3) is 5.91 Å². The molecule has 1 aromatic heterocycles. The maximum Gasteiger partial charge on any atom is 0.262 e. The molecule has 3 N–H and O–H groups in total. The van der Waals surface area contributed by atoms with Gasteiger partial charge in [-0.2, -0.15) is 5.26 Å². The average molecular weight is 422 g/mol. The van der Waals surface area contributed by atoms with Crippen molar-refractivity contribution >= 4 is 17.5 Å². The van der Waals surface area contributed by atoms with Crippen LogP contribution in [0.5, 0.6) is 0 Å². The summed E-state index contributed by atoms with van der Waals surface area (Å²) in [6.07, 6.45) is 0.573. The number of benzene rings is 1. The number of aromatic nitrogens is 1. The SMILES string of the molecule is N#CCC1(O)CCC(F)(C(=O)NCc2c(Cl)cc(F)cc2CO)c2cccnc21. The maximum atomic E-state index is 15.8. The molecular weight excluding hydrogens is 404 g/mol. The predicted octanol–water partition coefficient (Wildman–Crippen LogP) is 2.74. The smallest absolute Gasteiger partial charge is 0.262 e. The Morgan fingerprint density at radius 2 is 2.17 bits per heavy atom. The van der Waals surface area contributed by atoms with Crippen molar-refractivity contribution in [3.8, 4) is 6.07 Å². The second-order valence-corrected chi connectivity index (χ2v) is 7.34. The zero-order valence-electron chi connectivity index (χ0n) is 15.3. The summed E-state index contributed by atoms with van der Waals surface area (Å²) in [5, 5.41) is 31.5. The van der Waals surface area contributed by atoms with Gasteiger partial charge in [0.15, 0.2) is 0 Å². The highest BCUT2D eigenvalue weighted by Crippen LogP contribution is 2.46. The number of hydrogen-bond donors (Lipinski definition) is 3. The third kappa shape index (κ3) is 3.81. The number of nitriles is 1. The first-order valence-electron chi connectivity index (χ1n) is 8.85.